The molecule has 1 aliphatic rings. The molecule has 0 saturated carbocycles. The minimum absolute atomic E-state index is 0.293. The lowest BCUT2D eigenvalue weighted by Crippen LogP contribution is -2.65. The minimum atomic E-state index is -4.18. The summed E-state index contributed by atoms with van der Waals surface area (Å²) in [5.41, 5.74) is -5.79. The van der Waals surface area contributed by atoms with Crippen LogP contribution in [0.2, 0.25) is 0 Å². The minimum Gasteiger partial charge on any atom is -0.336 e. The van der Waals surface area contributed by atoms with Crippen molar-refractivity contribution >= 4 is 11.6 Å². The van der Waals surface area contributed by atoms with Crippen molar-refractivity contribution in [2.75, 3.05) is 0 Å². The van der Waals surface area contributed by atoms with E-state index in [2.05, 4.69) is 0 Å². The zero-order valence-corrected chi connectivity index (χ0v) is 10.8. The molecule has 2 rings (SSSR count). The number of rotatable bonds is 3. The predicted molar refractivity (Wildman–Crippen MR) is 63.1 cm³/mol. The zero-order chi connectivity index (χ0) is 16.7. The molecule has 0 spiro atoms. The normalized spacial score (nSPS) is 24.2. The van der Waals surface area contributed by atoms with Gasteiger partial charge in [-0.2, -0.15) is 0 Å². The van der Waals surface area contributed by atoms with Gasteiger partial charge in [-0.05, 0) is 6.07 Å². The summed E-state index contributed by atoms with van der Waals surface area (Å²) in [5.74, 6) is -6.78. The number of non-ortho nitro benzene ring substituents is 1. The quantitative estimate of drug-likeness (QED) is 0.528. The summed E-state index contributed by atoms with van der Waals surface area (Å²) < 4.78 is 68.9. The Hall–Kier alpha value is -2.26. The Labute approximate surface area is 120 Å². The number of piperidine rings is 1. The maximum absolute atomic E-state index is 14.1. The molecular formula is C12H9F5N2O3. The maximum Gasteiger partial charge on any atom is 0.281 e. The first-order valence-electron chi connectivity index (χ1n) is 6.03. The Morgan fingerprint density at radius 1 is 1.32 bits per heavy atom. The molecule has 0 aromatic heterocycles. The van der Waals surface area contributed by atoms with Crippen LogP contribution < -0.4 is 5.32 Å². The standard InChI is InChI=1S/C12H9F5N2O3/c13-8-2-1-6(19(21)22)5-7(8)12(10(14)15)11(16,17)4-3-9(20)18-12/h1-2,5,10H,3-4H2,(H,18,20). The Morgan fingerprint density at radius 2 is 1.95 bits per heavy atom. The van der Waals surface area contributed by atoms with Gasteiger partial charge in [0.05, 0.1) is 4.92 Å². The summed E-state index contributed by atoms with van der Waals surface area (Å²) in [6.07, 6.45) is -5.80. The number of amides is 1. The summed E-state index contributed by atoms with van der Waals surface area (Å²) in [4.78, 5) is 21.0. The molecule has 1 atom stereocenters. The van der Waals surface area contributed by atoms with Crippen LogP contribution in [-0.2, 0) is 10.3 Å². The van der Waals surface area contributed by atoms with Crippen LogP contribution >= 0.6 is 0 Å². The summed E-state index contributed by atoms with van der Waals surface area (Å²) >= 11 is 0. The molecule has 120 valence electrons. The predicted octanol–water partition coefficient (Wildman–Crippen LogP) is 2.74. The lowest BCUT2D eigenvalue weighted by Gasteiger charge is -2.43. The number of hydrogen-bond acceptors (Lipinski definition) is 3. The SMILES string of the molecule is O=C1CCC(F)(F)C(c2cc([N+](=O)[O-])ccc2F)(C(F)F)N1. The van der Waals surface area contributed by atoms with Crippen molar-refractivity contribution in [2.24, 2.45) is 0 Å². The lowest BCUT2D eigenvalue weighted by molar-refractivity contribution is -0.385. The average molecular weight is 324 g/mol. The van der Waals surface area contributed by atoms with E-state index in [9.17, 15) is 36.9 Å². The highest BCUT2D eigenvalue weighted by Crippen LogP contribution is 2.48. The zero-order valence-electron chi connectivity index (χ0n) is 10.8. The first-order chi connectivity index (χ1) is 10.1. The Bertz CT molecular complexity index is 637. The Kier molecular flexibility index (Phi) is 3.80. The van der Waals surface area contributed by atoms with Crippen LogP contribution in [-0.4, -0.2) is 23.2 Å². The molecule has 22 heavy (non-hydrogen) atoms. The van der Waals surface area contributed by atoms with Gasteiger partial charge in [0.1, 0.15) is 5.82 Å². The van der Waals surface area contributed by atoms with Gasteiger partial charge in [0.2, 0.25) is 5.91 Å². The molecule has 1 heterocycles. The molecule has 1 aromatic carbocycles. The number of hydrogen-bond donors (Lipinski definition) is 1. The second-order valence-electron chi connectivity index (χ2n) is 4.78. The molecule has 1 unspecified atom stereocenters. The Balaban J connectivity index is 2.73. The van der Waals surface area contributed by atoms with Crippen LogP contribution in [0, 0.1) is 15.9 Å². The number of carbonyl (C=O) groups excluding carboxylic acids is 1. The van der Waals surface area contributed by atoms with Crippen molar-refractivity contribution in [3.63, 3.8) is 0 Å². The van der Waals surface area contributed by atoms with Crippen molar-refractivity contribution in [3.8, 4) is 0 Å². The average Bonchev–Trinajstić information content (AvgIpc) is 2.41. The molecule has 0 bridgehead atoms. The third-order valence-corrected chi connectivity index (χ3v) is 3.49. The van der Waals surface area contributed by atoms with Gasteiger partial charge in [-0.1, -0.05) is 0 Å². The van der Waals surface area contributed by atoms with Crippen molar-refractivity contribution in [1.29, 1.82) is 0 Å². The number of nitrogens with one attached hydrogen (secondary N) is 1. The third-order valence-electron chi connectivity index (χ3n) is 3.49. The molecule has 1 aromatic rings. The molecule has 0 aliphatic carbocycles. The van der Waals surface area contributed by atoms with Crippen LogP contribution in [0.3, 0.4) is 0 Å². The van der Waals surface area contributed by atoms with Gasteiger partial charge >= 0.3 is 0 Å². The van der Waals surface area contributed by atoms with E-state index in [1.807, 2.05) is 0 Å². The molecule has 1 N–H and O–H groups in total. The van der Waals surface area contributed by atoms with Gasteiger partial charge in [0, 0.05) is 30.5 Å². The fourth-order valence-electron chi connectivity index (χ4n) is 2.37. The number of nitrogens with zero attached hydrogens (tertiary/aromatic N) is 1. The molecule has 1 amide bonds. The third kappa shape index (κ3) is 2.28. The number of halogens is 5. The molecule has 0 radical (unpaired) electrons. The highest BCUT2D eigenvalue weighted by molar-refractivity contribution is 5.79. The van der Waals surface area contributed by atoms with Crippen molar-refractivity contribution in [3.05, 3.63) is 39.7 Å². The van der Waals surface area contributed by atoms with Crippen LogP contribution in [0.15, 0.2) is 18.2 Å². The van der Waals surface area contributed by atoms with E-state index in [1.54, 1.807) is 0 Å². The monoisotopic (exact) mass is 324 g/mol. The summed E-state index contributed by atoms with van der Waals surface area (Å²) in [5, 5.41) is 12.1. The van der Waals surface area contributed by atoms with E-state index in [0.29, 0.717) is 18.2 Å². The topological polar surface area (TPSA) is 72.2 Å². The highest BCUT2D eigenvalue weighted by atomic mass is 19.3. The fourth-order valence-corrected chi connectivity index (χ4v) is 2.37. The van der Waals surface area contributed by atoms with E-state index >= 15 is 0 Å². The van der Waals surface area contributed by atoms with Gasteiger partial charge in [0.15, 0.2) is 5.54 Å². The van der Waals surface area contributed by atoms with E-state index in [4.69, 9.17) is 0 Å². The molecule has 1 fully saturated rings. The second kappa shape index (κ2) is 5.18. The number of alkyl halides is 4. The van der Waals surface area contributed by atoms with E-state index < -0.39 is 58.6 Å². The van der Waals surface area contributed by atoms with Crippen molar-refractivity contribution in [1.82, 2.24) is 5.32 Å². The van der Waals surface area contributed by atoms with Gasteiger partial charge in [0.25, 0.3) is 18.0 Å². The molecular weight excluding hydrogens is 315 g/mol. The lowest BCUT2D eigenvalue weighted by atomic mass is 9.78. The fraction of sp³-hybridized carbons (Fsp3) is 0.417. The smallest absolute Gasteiger partial charge is 0.281 e. The van der Waals surface area contributed by atoms with Gasteiger partial charge in [-0.25, -0.2) is 22.0 Å². The van der Waals surface area contributed by atoms with Crippen LogP contribution in [0.5, 0.6) is 0 Å². The number of carbonyl (C=O) groups is 1. The largest absolute Gasteiger partial charge is 0.336 e. The van der Waals surface area contributed by atoms with Crippen molar-refractivity contribution < 1.29 is 31.7 Å². The van der Waals surface area contributed by atoms with Gasteiger partial charge in [-0.3, -0.25) is 14.9 Å². The molecule has 1 aliphatic heterocycles. The Morgan fingerprint density at radius 3 is 2.50 bits per heavy atom. The first kappa shape index (κ1) is 16.1. The van der Waals surface area contributed by atoms with Gasteiger partial charge in [-0.15, -0.1) is 0 Å². The van der Waals surface area contributed by atoms with Crippen LogP contribution in [0.1, 0.15) is 18.4 Å². The van der Waals surface area contributed by atoms with Crippen molar-refractivity contribution in [2.45, 2.75) is 30.7 Å². The summed E-state index contributed by atoms with van der Waals surface area (Å²) in [6.45, 7) is 0. The van der Waals surface area contributed by atoms with E-state index in [1.165, 1.54) is 5.32 Å². The second-order valence-corrected chi connectivity index (χ2v) is 4.78. The van der Waals surface area contributed by atoms with E-state index in [-0.39, 0.29) is 0 Å². The number of nitro groups is 1. The van der Waals surface area contributed by atoms with Crippen LogP contribution in [0.25, 0.3) is 0 Å². The van der Waals surface area contributed by atoms with Crippen LogP contribution in [0.4, 0.5) is 27.6 Å². The highest BCUT2D eigenvalue weighted by Gasteiger charge is 2.65. The summed E-state index contributed by atoms with van der Waals surface area (Å²) in [7, 11) is 0. The molecule has 1 saturated heterocycles. The molecule has 10 heteroatoms. The number of benzene rings is 1. The van der Waals surface area contributed by atoms with Gasteiger partial charge < -0.3 is 5.32 Å². The van der Waals surface area contributed by atoms with E-state index in [0.717, 1.165) is 0 Å². The maximum atomic E-state index is 14.1. The summed E-state index contributed by atoms with van der Waals surface area (Å²) in [6, 6.07) is 1.39. The molecule has 5 nitrogen and oxygen atoms in total. The first-order valence-corrected chi connectivity index (χ1v) is 6.03. The number of nitro benzene ring substituents is 1.